The average Bonchev–Trinajstić information content (AvgIpc) is 3.47. The minimum atomic E-state index is 0.869. The standard InChI is InChI=1S/C71H50O/c1-72-69-35-18-17-31-57(69)53-27-19-26-52(44-53)47-36-38-51(39-37-47)65-45-66(58-32-14-11-28-54(58)48-20-5-2-6-21-48)62-42-43-64-68(60-34-16-13-30-56(60)50-24-9-4-10-25-50)46-67(63-41-40-61(65)70(62)71(63)64)59-33-15-12-29-55(59)49-22-7-3-8-23-49/h2-41,44-46H,42-43H2,1H3. The molecule has 13 rings (SSSR count). The van der Waals surface area contributed by atoms with Gasteiger partial charge in [-0.05, 0) is 164 Å². The van der Waals surface area contributed by atoms with Crippen molar-refractivity contribution in [3.63, 3.8) is 0 Å². The van der Waals surface area contributed by atoms with Crippen LogP contribution in [0.5, 0.6) is 5.75 Å². The van der Waals surface area contributed by atoms with Gasteiger partial charge in [0.05, 0.1) is 7.11 Å². The maximum Gasteiger partial charge on any atom is 0.126 e. The number of rotatable bonds is 10. The van der Waals surface area contributed by atoms with Crippen molar-refractivity contribution in [3.05, 3.63) is 272 Å². The molecule has 0 fully saturated rings. The van der Waals surface area contributed by atoms with Gasteiger partial charge in [0.15, 0.2) is 0 Å². The smallest absolute Gasteiger partial charge is 0.126 e. The van der Waals surface area contributed by atoms with E-state index in [1.807, 2.05) is 12.1 Å². The van der Waals surface area contributed by atoms with Gasteiger partial charge in [-0.3, -0.25) is 0 Å². The van der Waals surface area contributed by atoms with Crippen LogP contribution < -0.4 is 4.74 Å². The van der Waals surface area contributed by atoms with Gasteiger partial charge in [0.2, 0.25) is 0 Å². The minimum absolute atomic E-state index is 0.869. The lowest BCUT2D eigenvalue weighted by Gasteiger charge is -2.28. The molecule has 0 heterocycles. The van der Waals surface area contributed by atoms with E-state index in [0.717, 1.165) is 29.7 Å². The van der Waals surface area contributed by atoms with Crippen LogP contribution in [-0.2, 0) is 12.8 Å². The summed E-state index contributed by atoms with van der Waals surface area (Å²) < 4.78 is 5.77. The zero-order valence-electron chi connectivity index (χ0n) is 40.1. The van der Waals surface area contributed by atoms with Crippen molar-refractivity contribution in [2.75, 3.05) is 7.11 Å². The zero-order chi connectivity index (χ0) is 48.0. The van der Waals surface area contributed by atoms with Gasteiger partial charge in [-0.1, -0.05) is 237 Å². The molecule has 72 heavy (non-hydrogen) atoms. The van der Waals surface area contributed by atoms with Crippen LogP contribution in [0.3, 0.4) is 0 Å². The summed E-state index contributed by atoms with van der Waals surface area (Å²) in [6.45, 7) is 0. The van der Waals surface area contributed by atoms with Crippen LogP contribution in [0.2, 0.25) is 0 Å². The summed E-state index contributed by atoms with van der Waals surface area (Å²) in [5.41, 5.74) is 24.8. The lowest BCUT2D eigenvalue weighted by atomic mass is 9.75. The number of hydrogen-bond acceptors (Lipinski definition) is 1. The fourth-order valence-electron chi connectivity index (χ4n) is 11.6. The number of ether oxygens (including phenoxy) is 1. The summed E-state index contributed by atoms with van der Waals surface area (Å²) in [7, 11) is 1.74. The number of benzene rings is 12. The molecule has 0 saturated carbocycles. The van der Waals surface area contributed by atoms with Crippen molar-refractivity contribution >= 4 is 21.5 Å². The van der Waals surface area contributed by atoms with Crippen molar-refractivity contribution in [2.45, 2.75) is 12.8 Å². The highest BCUT2D eigenvalue weighted by Crippen LogP contribution is 2.52. The fourth-order valence-corrected chi connectivity index (χ4v) is 11.6. The second-order valence-electron chi connectivity index (χ2n) is 18.9. The molecule has 12 aromatic rings. The summed E-state index contributed by atoms with van der Waals surface area (Å²) in [5, 5.41) is 5.28. The Bertz CT molecular complexity index is 3980. The van der Waals surface area contributed by atoms with E-state index >= 15 is 0 Å². The Morgan fingerprint density at radius 2 is 0.597 bits per heavy atom. The van der Waals surface area contributed by atoms with E-state index in [1.54, 1.807) is 7.11 Å². The third kappa shape index (κ3) is 7.50. The topological polar surface area (TPSA) is 9.23 Å². The third-order valence-electron chi connectivity index (χ3n) is 15.0. The molecule has 0 N–H and O–H groups in total. The average molecular weight is 919 g/mol. The quantitative estimate of drug-likeness (QED) is 0.124. The summed E-state index contributed by atoms with van der Waals surface area (Å²) in [4.78, 5) is 0. The molecule has 0 bridgehead atoms. The molecule has 1 heteroatoms. The maximum absolute atomic E-state index is 5.77. The van der Waals surface area contributed by atoms with Crippen LogP contribution >= 0.6 is 0 Å². The second kappa shape index (κ2) is 18.4. The Kier molecular flexibility index (Phi) is 11.0. The normalized spacial score (nSPS) is 11.8. The largest absolute Gasteiger partial charge is 0.496 e. The lowest BCUT2D eigenvalue weighted by Crippen LogP contribution is -2.07. The van der Waals surface area contributed by atoms with Crippen LogP contribution in [0, 0.1) is 0 Å². The van der Waals surface area contributed by atoms with Gasteiger partial charge in [0, 0.05) is 5.56 Å². The van der Waals surface area contributed by atoms with E-state index in [4.69, 9.17) is 4.74 Å². The van der Waals surface area contributed by atoms with Gasteiger partial charge in [0.25, 0.3) is 0 Å². The third-order valence-corrected chi connectivity index (χ3v) is 15.0. The monoisotopic (exact) mass is 918 g/mol. The first-order valence-corrected chi connectivity index (χ1v) is 25.1. The number of para-hydroxylation sites is 1. The molecular weight excluding hydrogens is 869 g/mol. The lowest BCUT2D eigenvalue weighted by molar-refractivity contribution is 0.416. The molecule has 1 aliphatic carbocycles. The second-order valence-corrected chi connectivity index (χ2v) is 18.9. The highest BCUT2D eigenvalue weighted by molar-refractivity contribution is 6.22. The highest BCUT2D eigenvalue weighted by Gasteiger charge is 2.28. The van der Waals surface area contributed by atoms with Crippen molar-refractivity contribution < 1.29 is 4.74 Å². The van der Waals surface area contributed by atoms with E-state index in [1.165, 1.54) is 122 Å². The Labute approximate surface area is 422 Å². The molecule has 0 radical (unpaired) electrons. The predicted octanol–water partition coefficient (Wildman–Crippen LogP) is 19.1. The first-order chi connectivity index (χ1) is 35.7. The van der Waals surface area contributed by atoms with Gasteiger partial charge in [0.1, 0.15) is 5.75 Å². The van der Waals surface area contributed by atoms with Gasteiger partial charge >= 0.3 is 0 Å². The molecule has 0 aromatic heterocycles. The van der Waals surface area contributed by atoms with Crippen molar-refractivity contribution in [3.8, 4) is 106 Å². The molecule has 0 unspecified atom stereocenters. The fraction of sp³-hybridized carbons (Fsp3) is 0.0423. The molecule has 0 aliphatic heterocycles. The number of hydrogen-bond donors (Lipinski definition) is 0. The van der Waals surface area contributed by atoms with Gasteiger partial charge < -0.3 is 4.74 Å². The summed E-state index contributed by atoms with van der Waals surface area (Å²) in [6, 6.07) is 95.9. The van der Waals surface area contributed by atoms with Crippen LogP contribution in [0.15, 0.2) is 261 Å². The van der Waals surface area contributed by atoms with E-state index < -0.39 is 0 Å². The Balaban J connectivity index is 1.10. The van der Waals surface area contributed by atoms with Gasteiger partial charge in [-0.2, -0.15) is 0 Å². The molecule has 0 atom stereocenters. The van der Waals surface area contributed by atoms with E-state index in [-0.39, 0.29) is 0 Å². The first kappa shape index (κ1) is 43.0. The van der Waals surface area contributed by atoms with Crippen molar-refractivity contribution in [1.82, 2.24) is 0 Å². The van der Waals surface area contributed by atoms with Crippen LogP contribution in [0.4, 0.5) is 0 Å². The molecule has 1 nitrogen and oxygen atoms in total. The molecule has 340 valence electrons. The van der Waals surface area contributed by atoms with Crippen LogP contribution in [0.1, 0.15) is 11.1 Å². The maximum atomic E-state index is 5.77. The van der Waals surface area contributed by atoms with Crippen LogP contribution in [0.25, 0.3) is 122 Å². The molecule has 1 aliphatic rings. The van der Waals surface area contributed by atoms with E-state index in [2.05, 4.69) is 249 Å². The zero-order valence-corrected chi connectivity index (χ0v) is 40.1. The van der Waals surface area contributed by atoms with Crippen molar-refractivity contribution in [1.29, 1.82) is 0 Å². The molecule has 0 amide bonds. The van der Waals surface area contributed by atoms with Gasteiger partial charge in [-0.15, -0.1) is 0 Å². The summed E-state index contributed by atoms with van der Waals surface area (Å²) in [6.07, 6.45) is 1.84. The Morgan fingerprint density at radius 3 is 1.10 bits per heavy atom. The predicted molar refractivity (Wildman–Crippen MR) is 304 cm³/mol. The first-order valence-electron chi connectivity index (χ1n) is 25.1. The Hall–Kier alpha value is -9.04. The number of methoxy groups -OCH3 is 1. The molecule has 12 aromatic carbocycles. The van der Waals surface area contributed by atoms with E-state index in [0.29, 0.717) is 0 Å². The van der Waals surface area contributed by atoms with Gasteiger partial charge in [-0.25, -0.2) is 0 Å². The van der Waals surface area contributed by atoms with Crippen molar-refractivity contribution in [2.24, 2.45) is 0 Å². The number of aryl methyl sites for hydroxylation is 2. The molecular formula is C71H50O. The SMILES string of the molecule is COc1ccccc1-c1cccc(-c2ccc(-c3cc(-c4ccccc4-c4ccccc4)c4c5c3ccc3c(-c6ccccc6-c6ccccc6)cc(-c6ccccc6-c6ccccc6)c(c35)CC4)cc2)c1. The highest BCUT2D eigenvalue weighted by atomic mass is 16.5. The summed E-state index contributed by atoms with van der Waals surface area (Å²) >= 11 is 0. The van der Waals surface area contributed by atoms with Crippen LogP contribution in [-0.4, -0.2) is 7.11 Å². The minimum Gasteiger partial charge on any atom is -0.496 e. The molecule has 0 spiro atoms. The molecule has 0 saturated heterocycles. The van der Waals surface area contributed by atoms with E-state index in [9.17, 15) is 0 Å². The summed E-state index contributed by atoms with van der Waals surface area (Å²) in [5.74, 6) is 0.869. The Morgan fingerprint density at radius 1 is 0.236 bits per heavy atom.